The lowest BCUT2D eigenvalue weighted by Crippen LogP contribution is -2.52. The summed E-state index contributed by atoms with van der Waals surface area (Å²) >= 11 is 0. The summed E-state index contributed by atoms with van der Waals surface area (Å²) in [6.07, 6.45) is 3.61. The average Bonchev–Trinajstić information content (AvgIpc) is 2.78. The maximum absolute atomic E-state index is 11.9. The molecule has 32 heavy (non-hydrogen) atoms. The molecule has 0 saturated carbocycles. The fourth-order valence-electron chi connectivity index (χ4n) is 4.67. The molecule has 0 radical (unpaired) electrons. The minimum Gasteiger partial charge on any atom is -0.497 e. The van der Waals surface area contributed by atoms with Gasteiger partial charge in [0, 0.05) is 38.5 Å². The molecule has 4 rings (SSSR count). The molecule has 6 nitrogen and oxygen atoms in total. The number of nitrogens with zero attached hydrogens (tertiary/aromatic N) is 2. The first kappa shape index (κ1) is 23.9. The lowest BCUT2D eigenvalue weighted by atomic mass is 9.80. The van der Waals surface area contributed by atoms with Crippen LogP contribution in [0.1, 0.15) is 48.9 Å². The van der Waals surface area contributed by atoms with Crippen molar-refractivity contribution < 1.29 is 14.3 Å². The monoisotopic (exact) mass is 455 g/mol. The van der Waals surface area contributed by atoms with Crippen molar-refractivity contribution in [1.82, 2.24) is 10.2 Å². The molecule has 2 aromatic rings. The summed E-state index contributed by atoms with van der Waals surface area (Å²) in [5.41, 5.74) is 2.69. The fourth-order valence-corrected chi connectivity index (χ4v) is 4.67. The molecule has 2 aromatic carbocycles. The topological polar surface area (TPSA) is 74.6 Å². The third-order valence-corrected chi connectivity index (χ3v) is 6.44. The number of benzene rings is 2. The van der Waals surface area contributed by atoms with E-state index in [-0.39, 0.29) is 30.0 Å². The predicted octanol–water partition coefficient (Wildman–Crippen LogP) is 4.03. The van der Waals surface area contributed by atoms with Crippen molar-refractivity contribution in [3.05, 3.63) is 59.2 Å². The number of fused-ring (bicyclic) bond motifs is 1. The second-order valence-electron chi connectivity index (χ2n) is 8.55. The van der Waals surface area contributed by atoms with Gasteiger partial charge in [-0.25, -0.2) is 0 Å². The first-order chi connectivity index (χ1) is 15.0. The molecule has 1 spiro atoms. The Hall–Kier alpha value is -2.75. The average molecular weight is 456 g/mol. The van der Waals surface area contributed by atoms with Crippen molar-refractivity contribution in [2.45, 2.75) is 44.2 Å². The molecule has 0 aromatic heterocycles. The van der Waals surface area contributed by atoms with Crippen LogP contribution >= 0.6 is 12.4 Å². The van der Waals surface area contributed by atoms with E-state index in [2.05, 4.69) is 16.3 Å². The third kappa shape index (κ3) is 5.35. The second-order valence-corrected chi connectivity index (χ2v) is 8.55. The van der Waals surface area contributed by atoms with E-state index in [0.29, 0.717) is 5.56 Å². The minimum absolute atomic E-state index is 0. The van der Waals surface area contributed by atoms with E-state index >= 15 is 0 Å². The lowest BCUT2D eigenvalue weighted by Gasteiger charge is -2.47. The highest BCUT2D eigenvalue weighted by atomic mass is 35.5. The number of amides is 1. The fraction of sp³-hybridized carbons (Fsp3) is 0.440. The molecule has 2 aliphatic heterocycles. The quantitative estimate of drug-likeness (QED) is 0.736. The van der Waals surface area contributed by atoms with Crippen LogP contribution in [0.25, 0.3) is 0 Å². The molecule has 1 N–H and O–H groups in total. The normalized spacial score (nSPS) is 19.1. The van der Waals surface area contributed by atoms with Crippen LogP contribution in [0.3, 0.4) is 0 Å². The maximum atomic E-state index is 11.9. The summed E-state index contributed by atoms with van der Waals surface area (Å²) in [5, 5.41) is 12.1. The van der Waals surface area contributed by atoms with E-state index in [1.54, 1.807) is 14.0 Å². The van der Waals surface area contributed by atoms with Crippen LogP contribution in [-0.4, -0.2) is 43.2 Å². The molecule has 0 aliphatic carbocycles. The van der Waals surface area contributed by atoms with Crippen LogP contribution in [0, 0.1) is 11.3 Å². The number of nitrogens with one attached hydrogen (secondary N) is 1. The molecular formula is C25H30ClN3O3. The van der Waals surface area contributed by atoms with Gasteiger partial charge in [0.25, 0.3) is 0 Å². The molecule has 2 aliphatic rings. The largest absolute Gasteiger partial charge is 0.497 e. The number of hydrogen-bond acceptors (Lipinski definition) is 5. The van der Waals surface area contributed by atoms with Crippen molar-refractivity contribution in [3.63, 3.8) is 0 Å². The Morgan fingerprint density at radius 2 is 1.97 bits per heavy atom. The lowest BCUT2D eigenvalue weighted by molar-refractivity contribution is -0.120. The summed E-state index contributed by atoms with van der Waals surface area (Å²) in [5.74, 6) is 1.58. The van der Waals surface area contributed by atoms with E-state index in [4.69, 9.17) is 14.7 Å². The van der Waals surface area contributed by atoms with Crippen molar-refractivity contribution in [2.75, 3.05) is 26.7 Å². The van der Waals surface area contributed by atoms with Crippen molar-refractivity contribution in [2.24, 2.45) is 0 Å². The summed E-state index contributed by atoms with van der Waals surface area (Å²) in [6, 6.07) is 15.8. The second kappa shape index (κ2) is 10.2. The van der Waals surface area contributed by atoms with Gasteiger partial charge in [-0.3, -0.25) is 4.79 Å². The SMILES string of the molecule is COc1ccc2c(c1)[C@H](NC(C)=O)CC1(CCN(CCc3ccc(C#N)cc3)CC1)O2.Cl. The minimum atomic E-state index is -0.250. The first-order valence-corrected chi connectivity index (χ1v) is 10.9. The van der Waals surface area contributed by atoms with Crippen LogP contribution in [0.4, 0.5) is 0 Å². The smallest absolute Gasteiger partial charge is 0.217 e. The Balaban J connectivity index is 0.00000289. The van der Waals surface area contributed by atoms with Crippen LogP contribution in [0.2, 0.25) is 0 Å². The summed E-state index contributed by atoms with van der Waals surface area (Å²) in [4.78, 5) is 14.3. The molecule has 2 heterocycles. The number of methoxy groups -OCH3 is 1. The van der Waals surface area contributed by atoms with Gasteiger partial charge < -0.3 is 19.7 Å². The summed E-state index contributed by atoms with van der Waals surface area (Å²) in [6.45, 7) is 4.49. The Bertz CT molecular complexity index is 979. The Kier molecular flexibility index (Phi) is 7.65. The number of likely N-dealkylation sites (tertiary alicyclic amines) is 1. The van der Waals surface area contributed by atoms with E-state index in [9.17, 15) is 4.79 Å². The predicted molar refractivity (Wildman–Crippen MR) is 125 cm³/mol. The first-order valence-electron chi connectivity index (χ1n) is 10.9. The van der Waals surface area contributed by atoms with E-state index in [1.807, 2.05) is 42.5 Å². The molecule has 1 atom stereocenters. The van der Waals surface area contributed by atoms with Gasteiger partial charge in [0.1, 0.15) is 17.1 Å². The molecule has 1 fully saturated rings. The molecule has 1 saturated heterocycles. The van der Waals surface area contributed by atoms with Crippen LogP contribution in [0.5, 0.6) is 11.5 Å². The number of piperidine rings is 1. The van der Waals surface area contributed by atoms with Gasteiger partial charge >= 0.3 is 0 Å². The number of nitriles is 1. The molecule has 1 amide bonds. The van der Waals surface area contributed by atoms with Crippen LogP contribution in [0.15, 0.2) is 42.5 Å². The number of carbonyl (C=O) groups is 1. The molecular weight excluding hydrogens is 426 g/mol. The van der Waals surface area contributed by atoms with Gasteiger partial charge in [-0.1, -0.05) is 12.1 Å². The van der Waals surface area contributed by atoms with E-state index in [1.165, 1.54) is 5.56 Å². The third-order valence-electron chi connectivity index (χ3n) is 6.44. The van der Waals surface area contributed by atoms with Crippen LogP contribution < -0.4 is 14.8 Å². The van der Waals surface area contributed by atoms with Gasteiger partial charge in [0.05, 0.1) is 24.8 Å². The molecule has 170 valence electrons. The van der Waals surface area contributed by atoms with Crippen LogP contribution in [-0.2, 0) is 11.2 Å². The van der Waals surface area contributed by atoms with Crippen molar-refractivity contribution in [1.29, 1.82) is 5.26 Å². The van der Waals surface area contributed by atoms with Gasteiger partial charge in [0.2, 0.25) is 5.91 Å². The Morgan fingerprint density at radius 1 is 1.25 bits per heavy atom. The zero-order valence-corrected chi connectivity index (χ0v) is 19.4. The Labute approximate surface area is 195 Å². The van der Waals surface area contributed by atoms with Gasteiger partial charge in [-0.15, -0.1) is 12.4 Å². The molecule has 7 heteroatoms. The summed E-state index contributed by atoms with van der Waals surface area (Å²) in [7, 11) is 1.65. The number of carbonyl (C=O) groups excluding carboxylic acids is 1. The van der Waals surface area contributed by atoms with Crippen molar-refractivity contribution in [3.8, 4) is 17.6 Å². The number of halogens is 1. The summed E-state index contributed by atoms with van der Waals surface area (Å²) < 4.78 is 11.9. The highest BCUT2D eigenvalue weighted by Gasteiger charge is 2.43. The zero-order chi connectivity index (χ0) is 21.8. The molecule has 0 bridgehead atoms. The van der Waals surface area contributed by atoms with Crippen molar-refractivity contribution >= 4 is 18.3 Å². The molecule has 0 unspecified atom stereocenters. The number of rotatable bonds is 5. The zero-order valence-electron chi connectivity index (χ0n) is 18.6. The highest BCUT2D eigenvalue weighted by molar-refractivity contribution is 5.85. The number of ether oxygens (including phenoxy) is 2. The maximum Gasteiger partial charge on any atom is 0.217 e. The number of hydrogen-bond donors (Lipinski definition) is 1. The highest BCUT2D eigenvalue weighted by Crippen LogP contribution is 2.45. The van der Waals surface area contributed by atoms with Gasteiger partial charge in [-0.2, -0.15) is 5.26 Å². The van der Waals surface area contributed by atoms with E-state index < -0.39 is 0 Å². The van der Waals surface area contributed by atoms with Gasteiger partial charge in [-0.05, 0) is 55.2 Å². The van der Waals surface area contributed by atoms with E-state index in [0.717, 1.165) is 62.4 Å². The van der Waals surface area contributed by atoms with Gasteiger partial charge in [0.15, 0.2) is 0 Å². The Morgan fingerprint density at radius 3 is 2.59 bits per heavy atom. The standard InChI is InChI=1S/C25H29N3O3.ClH/c1-18(29)27-23-16-25(31-24-8-7-21(30-2)15-22(23)24)10-13-28(14-11-25)12-9-19-3-5-20(17-26)6-4-19;/h3-8,15,23H,9-14,16H2,1-2H3,(H,27,29);1H/t23-;/m1./s1.